The zero-order valence-corrected chi connectivity index (χ0v) is 18.5. The number of para-hydroxylation sites is 1. The quantitative estimate of drug-likeness (QED) is 0.669. The van der Waals surface area contributed by atoms with Crippen LogP contribution in [0.5, 0.6) is 0 Å². The molecule has 2 aliphatic heterocycles. The van der Waals surface area contributed by atoms with Crippen LogP contribution in [0.25, 0.3) is 0 Å². The second-order valence-electron chi connectivity index (χ2n) is 7.66. The predicted molar refractivity (Wildman–Crippen MR) is 114 cm³/mol. The number of rotatable bonds is 4. The average Bonchev–Trinajstić information content (AvgIpc) is 3.16. The summed E-state index contributed by atoms with van der Waals surface area (Å²) in [5, 5.41) is -0.287. The maximum Gasteiger partial charge on any atom is 0.243 e. The highest BCUT2D eigenvalue weighted by atomic mass is 35.5. The minimum absolute atomic E-state index is 0.0280. The first-order valence-electron chi connectivity index (χ1n) is 9.97. The number of sulfonamides is 1. The molecule has 11 heteroatoms. The molecule has 1 atom stereocenters. The Morgan fingerprint density at radius 3 is 2.34 bits per heavy atom. The highest BCUT2D eigenvalue weighted by Crippen LogP contribution is 2.29. The van der Waals surface area contributed by atoms with Crippen molar-refractivity contribution in [3.63, 3.8) is 0 Å². The van der Waals surface area contributed by atoms with Gasteiger partial charge >= 0.3 is 0 Å². The van der Waals surface area contributed by atoms with Crippen molar-refractivity contribution < 1.29 is 26.8 Å². The third-order valence-electron chi connectivity index (χ3n) is 5.70. The fourth-order valence-electron chi connectivity index (χ4n) is 3.97. The predicted octanol–water partition coefficient (Wildman–Crippen LogP) is 2.50. The van der Waals surface area contributed by atoms with Crippen molar-refractivity contribution in [3.8, 4) is 0 Å². The van der Waals surface area contributed by atoms with Gasteiger partial charge in [-0.25, -0.2) is 17.2 Å². The van der Waals surface area contributed by atoms with Crippen LogP contribution in [0.4, 0.5) is 14.5 Å². The van der Waals surface area contributed by atoms with E-state index in [1.54, 1.807) is 6.07 Å². The van der Waals surface area contributed by atoms with Crippen molar-refractivity contribution in [2.75, 3.05) is 37.6 Å². The van der Waals surface area contributed by atoms with Crippen molar-refractivity contribution in [2.45, 2.75) is 11.3 Å². The summed E-state index contributed by atoms with van der Waals surface area (Å²) in [5.41, 5.74) is 0.140. The highest BCUT2D eigenvalue weighted by Gasteiger charge is 2.39. The van der Waals surface area contributed by atoms with Gasteiger partial charge in [-0.05, 0) is 30.3 Å². The number of amides is 2. The Bertz CT molecular complexity index is 1170. The lowest BCUT2D eigenvalue weighted by Gasteiger charge is -2.35. The highest BCUT2D eigenvalue weighted by molar-refractivity contribution is 7.89. The van der Waals surface area contributed by atoms with E-state index in [4.69, 9.17) is 11.6 Å². The van der Waals surface area contributed by atoms with Gasteiger partial charge in [0.05, 0.1) is 21.5 Å². The minimum Gasteiger partial charge on any atom is -0.340 e. The molecule has 2 fully saturated rings. The zero-order chi connectivity index (χ0) is 23.0. The SMILES string of the molecule is O=C(C1CC(=O)N(c2ccccc2F)C1)N1CCN(S(=O)(=O)c2ccc(F)c(Cl)c2)CC1. The molecule has 0 aromatic heterocycles. The van der Waals surface area contributed by atoms with Gasteiger partial charge in [-0.2, -0.15) is 4.31 Å². The smallest absolute Gasteiger partial charge is 0.243 e. The van der Waals surface area contributed by atoms with E-state index in [1.807, 2.05) is 0 Å². The second kappa shape index (κ2) is 8.76. The summed E-state index contributed by atoms with van der Waals surface area (Å²) in [5.74, 6) is -2.46. The van der Waals surface area contributed by atoms with Crippen LogP contribution < -0.4 is 4.90 Å². The number of nitrogens with zero attached hydrogens (tertiary/aromatic N) is 3. The molecule has 2 aromatic rings. The van der Waals surface area contributed by atoms with Gasteiger partial charge in [0.25, 0.3) is 0 Å². The van der Waals surface area contributed by atoms with Crippen LogP contribution in [0.15, 0.2) is 47.4 Å². The maximum absolute atomic E-state index is 14.1. The Hall–Kier alpha value is -2.56. The fraction of sp³-hybridized carbons (Fsp3) is 0.333. The summed E-state index contributed by atoms with van der Waals surface area (Å²) in [6.07, 6.45) is -0.0280. The van der Waals surface area contributed by atoms with Gasteiger partial charge in [-0.3, -0.25) is 9.59 Å². The lowest BCUT2D eigenvalue weighted by molar-refractivity contribution is -0.136. The van der Waals surface area contributed by atoms with Crippen LogP contribution in [0.2, 0.25) is 5.02 Å². The minimum atomic E-state index is -3.89. The Kier molecular flexibility index (Phi) is 6.19. The molecule has 0 N–H and O–H groups in total. The van der Waals surface area contributed by atoms with Crippen LogP contribution in [-0.2, 0) is 19.6 Å². The molecule has 1 unspecified atom stereocenters. The summed E-state index contributed by atoms with van der Waals surface area (Å²) in [7, 11) is -3.89. The number of anilines is 1. The van der Waals surface area contributed by atoms with Gasteiger partial charge < -0.3 is 9.80 Å². The summed E-state index contributed by atoms with van der Waals surface area (Å²) in [4.78, 5) is 28.0. The average molecular weight is 484 g/mol. The van der Waals surface area contributed by atoms with Crippen LogP contribution in [0, 0.1) is 17.6 Å². The van der Waals surface area contributed by atoms with E-state index in [9.17, 15) is 26.8 Å². The Morgan fingerprint density at radius 2 is 1.69 bits per heavy atom. The van der Waals surface area contributed by atoms with E-state index in [0.29, 0.717) is 0 Å². The second-order valence-corrected chi connectivity index (χ2v) is 10.0. The number of carbonyl (C=O) groups is 2. The van der Waals surface area contributed by atoms with E-state index >= 15 is 0 Å². The molecular formula is C21H20ClF2N3O4S. The van der Waals surface area contributed by atoms with Crippen molar-refractivity contribution >= 4 is 39.1 Å². The lowest BCUT2D eigenvalue weighted by Crippen LogP contribution is -2.52. The molecule has 2 heterocycles. The van der Waals surface area contributed by atoms with Gasteiger partial charge in [0.1, 0.15) is 11.6 Å². The third-order valence-corrected chi connectivity index (χ3v) is 7.88. The van der Waals surface area contributed by atoms with Gasteiger partial charge in [0.15, 0.2) is 0 Å². The summed E-state index contributed by atoms with van der Waals surface area (Å²) < 4.78 is 54.3. The number of benzene rings is 2. The molecule has 0 aliphatic carbocycles. The van der Waals surface area contributed by atoms with Gasteiger partial charge in [-0.15, -0.1) is 0 Å². The Balaban J connectivity index is 1.40. The van der Waals surface area contributed by atoms with Crippen LogP contribution >= 0.6 is 11.6 Å². The van der Waals surface area contributed by atoms with Crippen LogP contribution in [0.3, 0.4) is 0 Å². The zero-order valence-electron chi connectivity index (χ0n) is 16.9. The molecule has 2 aromatic carbocycles. The molecule has 4 rings (SSSR count). The van der Waals surface area contributed by atoms with Crippen LogP contribution in [0.1, 0.15) is 6.42 Å². The molecule has 0 spiro atoms. The first-order chi connectivity index (χ1) is 15.2. The molecule has 0 radical (unpaired) electrons. The molecule has 32 heavy (non-hydrogen) atoms. The van der Waals surface area contributed by atoms with E-state index in [-0.39, 0.29) is 66.6 Å². The monoisotopic (exact) mass is 483 g/mol. The van der Waals surface area contributed by atoms with Gasteiger partial charge in [0.2, 0.25) is 21.8 Å². The van der Waals surface area contributed by atoms with E-state index < -0.39 is 27.6 Å². The molecule has 2 amide bonds. The van der Waals surface area contributed by atoms with Crippen molar-refractivity contribution in [1.29, 1.82) is 0 Å². The van der Waals surface area contributed by atoms with Gasteiger partial charge in [0, 0.05) is 39.1 Å². The van der Waals surface area contributed by atoms with Crippen molar-refractivity contribution in [3.05, 3.63) is 59.1 Å². The number of carbonyl (C=O) groups excluding carboxylic acids is 2. The Morgan fingerprint density at radius 1 is 1.00 bits per heavy atom. The Labute approximate surface area is 189 Å². The van der Waals surface area contributed by atoms with Gasteiger partial charge in [-0.1, -0.05) is 23.7 Å². The summed E-state index contributed by atoms with van der Waals surface area (Å²) >= 11 is 5.71. The molecule has 2 aliphatic rings. The third kappa shape index (κ3) is 4.22. The van der Waals surface area contributed by atoms with E-state index in [2.05, 4.69) is 0 Å². The number of piperazine rings is 1. The molecule has 7 nitrogen and oxygen atoms in total. The summed E-state index contributed by atoms with van der Waals surface area (Å²) in [6, 6.07) is 9.09. The molecule has 0 saturated carbocycles. The van der Waals surface area contributed by atoms with E-state index in [1.165, 1.54) is 32.3 Å². The maximum atomic E-state index is 14.1. The van der Waals surface area contributed by atoms with Crippen molar-refractivity contribution in [2.24, 2.45) is 5.92 Å². The summed E-state index contributed by atoms with van der Waals surface area (Å²) in [6.45, 7) is 0.488. The van der Waals surface area contributed by atoms with E-state index in [0.717, 1.165) is 18.2 Å². The normalized spacial score (nSPS) is 20.1. The molecule has 2 saturated heterocycles. The molecule has 170 valence electrons. The van der Waals surface area contributed by atoms with Crippen molar-refractivity contribution in [1.82, 2.24) is 9.21 Å². The number of halogens is 3. The first-order valence-corrected chi connectivity index (χ1v) is 11.8. The van der Waals surface area contributed by atoms with Crippen LogP contribution in [-0.4, -0.2) is 62.2 Å². The standard InChI is InChI=1S/C21H20ClF2N3O4S/c22-16-12-15(5-6-17(16)23)32(30,31)26-9-7-25(8-10-26)21(29)14-11-20(28)27(13-14)19-4-2-1-3-18(19)24/h1-6,12,14H,7-11,13H2. The number of hydrogen-bond donors (Lipinski definition) is 0. The topological polar surface area (TPSA) is 78.0 Å². The largest absolute Gasteiger partial charge is 0.340 e. The number of hydrogen-bond acceptors (Lipinski definition) is 4. The molecule has 0 bridgehead atoms. The molecular weight excluding hydrogens is 464 g/mol. The lowest BCUT2D eigenvalue weighted by atomic mass is 10.1. The first kappa shape index (κ1) is 22.6. The fourth-order valence-corrected chi connectivity index (χ4v) is 5.66.